The van der Waals surface area contributed by atoms with Crippen molar-refractivity contribution in [2.75, 3.05) is 38.2 Å². The molecule has 0 aromatic carbocycles. The normalized spacial score (nSPS) is 19.7. The molecule has 0 aromatic rings. The second kappa shape index (κ2) is 8.21. The summed E-state index contributed by atoms with van der Waals surface area (Å²) in [4.78, 5) is 17.5. The van der Waals surface area contributed by atoms with Gasteiger partial charge in [0.15, 0.2) is 15.8 Å². The Morgan fingerprint density at radius 2 is 2.10 bits per heavy atom. The number of amides is 1. The summed E-state index contributed by atoms with van der Waals surface area (Å²) in [6.07, 6.45) is 1.40. The van der Waals surface area contributed by atoms with Crippen molar-refractivity contribution in [2.24, 2.45) is 4.99 Å². The standard InChI is InChI=1S/C13H26N4O3S/c1-4-12(18)17-8-6-11(10-17)16-13(14-3)15-7-9-21(19,20)5-2/h11H,4-10H2,1-3H3,(H2,14,15,16). The molecule has 2 N–H and O–H groups in total. The molecule has 0 saturated carbocycles. The number of nitrogens with zero attached hydrogens (tertiary/aromatic N) is 2. The van der Waals surface area contributed by atoms with E-state index in [0.717, 1.165) is 13.0 Å². The first kappa shape index (κ1) is 17.7. The lowest BCUT2D eigenvalue weighted by Gasteiger charge is -2.18. The molecule has 0 aromatic heterocycles. The Morgan fingerprint density at radius 3 is 2.67 bits per heavy atom. The third-order valence-corrected chi connectivity index (χ3v) is 5.26. The summed E-state index contributed by atoms with van der Waals surface area (Å²) in [5, 5.41) is 6.23. The van der Waals surface area contributed by atoms with Gasteiger partial charge in [-0.25, -0.2) is 8.42 Å². The van der Waals surface area contributed by atoms with Crippen LogP contribution in [-0.2, 0) is 14.6 Å². The van der Waals surface area contributed by atoms with Crippen LogP contribution in [0.25, 0.3) is 0 Å². The van der Waals surface area contributed by atoms with Crippen LogP contribution in [0.1, 0.15) is 26.7 Å². The maximum Gasteiger partial charge on any atom is 0.222 e. The van der Waals surface area contributed by atoms with Gasteiger partial charge in [-0.05, 0) is 6.42 Å². The van der Waals surface area contributed by atoms with Crippen LogP contribution in [0.15, 0.2) is 4.99 Å². The number of carbonyl (C=O) groups is 1. The van der Waals surface area contributed by atoms with Crippen molar-refractivity contribution in [1.29, 1.82) is 0 Å². The fourth-order valence-electron chi connectivity index (χ4n) is 2.19. The zero-order chi connectivity index (χ0) is 15.9. The molecular formula is C13H26N4O3S. The number of hydrogen-bond donors (Lipinski definition) is 2. The van der Waals surface area contributed by atoms with E-state index >= 15 is 0 Å². The van der Waals surface area contributed by atoms with Gasteiger partial charge in [0.1, 0.15) is 0 Å². The van der Waals surface area contributed by atoms with Crippen LogP contribution >= 0.6 is 0 Å². The Hall–Kier alpha value is -1.31. The summed E-state index contributed by atoms with van der Waals surface area (Å²) in [5.74, 6) is 0.987. The van der Waals surface area contributed by atoms with E-state index in [1.807, 2.05) is 11.8 Å². The van der Waals surface area contributed by atoms with Crippen molar-refractivity contribution in [1.82, 2.24) is 15.5 Å². The average molecular weight is 318 g/mol. The van der Waals surface area contributed by atoms with Gasteiger partial charge in [0, 0.05) is 44.9 Å². The minimum absolute atomic E-state index is 0.0926. The third-order valence-electron chi connectivity index (χ3n) is 3.55. The van der Waals surface area contributed by atoms with Crippen molar-refractivity contribution in [3.63, 3.8) is 0 Å². The first-order valence-electron chi connectivity index (χ1n) is 7.37. The number of sulfone groups is 1. The van der Waals surface area contributed by atoms with Crippen LogP contribution in [0.2, 0.25) is 0 Å². The summed E-state index contributed by atoms with van der Waals surface area (Å²) < 4.78 is 22.8. The van der Waals surface area contributed by atoms with Gasteiger partial charge in [0.05, 0.1) is 5.75 Å². The molecule has 1 amide bonds. The third kappa shape index (κ3) is 5.91. The first-order valence-corrected chi connectivity index (χ1v) is 9.19. The number of aliphatic imine (C=N–C) groups is 1. The Bertz CT molecular complexity index is 476. The van der Waals surface area contributed by atoms with Gasteiger partial charge in [-0.1, -0.05) is 13.8 Å². The molecule has 1 aliphatic heterocycles. The lowest BCUT2D eigenvalue weighted by molar-refractivity contribution is -0.129. The number of rotatable bonds is 6. The van der Waals surface area contributed by atoms with Gasteiger partial charge in [-0.3, -0.25) is 9.79 Å². The first-order chi connectivity index (χ1) is 9.91. The zero-order valence-corrected chi connectivity index (χ0v) is 13.9. The van der Waals surface area contributed by atoms with E-state index in [4.69, 9.17) is 0 Å². The fourth-order valence-corrected chi connectivity index (χ4v) is 2.89. The van der Waals surface area contributed by atoms with Crippen molar-refractivity contribution in [3.8, 4) is 0 Å². The van der Waals surface area contributed by atoms with E-state index < -0.39 is 9.84 Å². The Balaban J connectivity index is 2.37. The Labute approximate surface area is 127 Å². The van der Waals surface area contributed by atoms with Crippen LogP contribution in [0, 0.1) is 0 Å². The molecule has 0 radical (unpaired) electrons. The predicted octanol–water partition coefficient (Wildman–Crippen LogP) is -0.403. The van der Waals surface area contributed by atoms with Crippen LogP contribution < -0.4 is 10.6 Å². The number of hydrogen-bond acceptors (Lipinski definition) is 4. The molecule has 0 bridgehead atoms. The summed E-state index contributed by atoms with van der Waals surface area (Å²) in [6.45, 7) is 5.25. The molecule has 0 aliphatic carbocycles. The summed E-state index contributed by atoms with van der Waals surface area (Å²) in [6, 6.07) is 0.162. The molecule has 1 heterocycles. The van der Waals surface area contributed by atoms with E-state index in [1.165, 1.54) is 0 Å². The van der Waals surface area contributed by atoms with Crippen LogP contribution in [-0.4, -0.2) is 69.4 Å². The molecule has 1 saturated heterocycles. The van der Waals surface area contributed by atoms with E-state index in [-0.39, 0.29) is 23.5 Å². The van der Waals surface area contributed by atoms with Gasteiger partial charge >= 0.3 is 0 Å². The molecule has 122 valence electrons. The Morgan fingerprint density at radius 1 is 1.38 bits per heavy atom. The average Bonchev–Trinajstić information content (AvgIpc) is 2.93. The highest BCUT2D eigenvalue weighted by molar-refractivity contribution is 7.91. The number of nitrogens with one attached hydrogen (secondary N) is 2. The van der Waals surface area contributed by atoms with Crippen LogP contribution in [0.4, 0.5) is 0 Å². The number of guanidine groups is 1. The maximum absolute atomic E-state index is 11.6. The van der Waals surface area contributed by atoms with E-state index in [1.54, 1.807) is 14.0 Å². The Kier molecular flexibility index (Phi) is 6.94. The molecular weight excluding hydrogens is 292 g/mol. The molecule has 8 heteroatoms. The summed E-state index contributed by atoms with van der Waals surface area (Å²) in [7, 11) is -1.33. The minimum atomic E-state index is -2.97. The van der Waals surface area contributed by atoms with Crippen LogP contribution in [0.3, 0.4) is 0 Å². The predicted molar refractivity (Wildman–Crippen MR) is 84.1 cm³/mol. The largest absolute Gasteiger partial charge is 0.355 e. The molecule has 1 atom stereocenters. The van der Waals surface area contributed by atoms with Crippen molar-refractivity contribution >= 4 is 21.7 Å². The van der Waals surface area contributed by atoms with Gasteiger partial charge < -0.3 is 15.5 Å². The summed E-state index contributed by atoms with van der Waals surface area (Å²) >= 11 is 0. The van der Waals surface area contributed by atoms with E-state index in [0.29, 0.717) is 25.5 Å². The smallest absolute Gasteiger partial charge is 0.222 e. The monoisotopic (exact) mass is 318 g/mol. The van der Waals surface area contributed by atoms with Gasteiger partial charge in [0.25, 0.3) is 0 Å². The molecule has 21 heavy (non-hydrogen) atoms. The molecule has 1 fully saturated rings. The highest BCUT2D eigenvalue weighted by Gasteiger charge is 2.25. The number of likely N-dealkylation sites (tertiary alicyclic amines) is 1. The lowest BCUT2D eigenvalue weighted by Crippen LogP contribution is -2.46. The second-order valence-corrected chi connectivity index (χ2v) is 7.53. The fraction of sp³-hybridized carbons (Fsp3) is 0.846. The SMILES string of the molecule is CCC(=O)N1CCC(NC(=NC)NCCS(=O)(=O)CC)C1. The molecule has 1 aliphatic rings. The summed E-state index contributed by atoms with van der Waals surface area (Å²) in [5.41, 5.74) is 0. The van der Waals surface area contributed by atoms with Gasteiger partial charge in [-0.2, -0.15) is 0 Å². The topological polar surface area (TPSA) is 90.9 Å². The molecule has 7 nitrogen and oxygen atoms in total. The molecule has 0 spiro atoms. The highest BCUT2D eigenvalue weighted by Crippen LogP contribution is 2.10. The highest BCUT2D eigenvalue weighted by atomic mass is 32.2. The lowest BCUT2D eigenvalue weighted by atomic mass is 10.3. The van der Waals surface area contributed by atoms with Gasteiger partial charge in [0.2, 0.25) is 5.91 Å². The quantitative estimate of drug-likeness (QED) is 0.513. The maximum atomic E-state index is 11.6. The molecule has 1 unspecified atom stereocenters. The van der Waals surface area contributed by atoms with Crippen molar-refractivity contribution in [2.45, 2.75) is 32.7 Å². The van der Waals surface area contributed by atoms with Crippen molar-refractivity contribution < 1.29 is 13.2 Å². The van der Waals surface area contributed by atoms with Gasteiger partial charge in [-0.15, -0.1) is 0 Å². The van der Waals surface area contributed by atoms with E-state index in [2.05, 4.69) is 15.6 Å². The minimum Gasteiger partial charge on any atom is -0.355 e. The van der Waals surface area contributed by atoms with Crippen LogP contribution in [0.5, 0.6) is 0 Å². The second-order valence-electron chi connectivity index (χ2n) is 5.06. The van der Waals surface area contributed by atoms with E-state index in [9.17, 15) is 13.2 Å². The zero-order valence-electron chi connectivity index (χ0n) is 13.1. The number of carbonyl (C=O) groups excluding carboxylic acids is 1. The van der Waals surface area contributed by atoms with Crippen molar-refractivity contribution in [3.05, 3.63) is 0 Å². The molecule has 1 rings (SSSR count).